The summed E-state index contributed by atoms with van der Waals surface area (Å²) in [5.74, 6) is 0.207. The third kappa shape index (κ3) is 3.65. The summed E-state index contributed by atoms with van der Waals surface area (Å²) in [7, 11) is 0. The van der Waals surface area contributed by atoms with E-state index in [1.165, 1.54) is 0 Å². The largest absolute Gasteiger partial charge is 0.367 e. The standard InChI is InChI=1S/C17H18BrN3O/c18-15-11-16(13-19-12-15)20-6-8-21(9-7-20)17(22)10-14-4-2-1-3-5-14/h1-5,11-13H,6-10H2. The van der Waals surface area contributed by atoms with Crippen LogP contribution in [-0.4, -0.2) is 42.0 Å². The third-order valence-corrected chi connectivity index (χ3v) is 4.32. The van der Waals surface area contributed by atoms with Gasteiger partial charge in [0, 0.05) is 36.8 Å². The zero-order valence-electron chi connectivity index (χ0n) is 12.3. The molecule has 1 aliphatic rings. The Kier molecular flexibility index (Phi) is 4.73. The lowest BCUT2D eigenvalue weighted by Gasteiger charge is -2.36. The molecule has 0 aliphatic carbocycles. The molecule has 0 spiro atoms. The predicted molar refractivity (Wildman–Crippen MR) is 90.9 cm³/mol. The van der Waals surface area contributed by atoms with E-state index >= 15 is 0 Å². The molecule has 22 heavy (non-hydrogen) atoms. The molecule has 0 atom stereocenters. The van der Waals surface area contributed by atoms with Crippen molar-refractivity contribution in [2.24, 2.45) is 0 Å². The molecule has 1 aromatic carbocycles. The Labute approximate surface area is 138 Å². The van der Waals surface area contributed by atoms with Crippen LogP contribution >= 0.6 is 15.9 Å². The fourth-order valence-corrected chi connectivity index (χ4v) is 3.02. The Morgan fingerprint density at radius 2 is 1.82 bits per heavy atom. The SMILES string of the molecule is O=C(Cc1ccccc1)N1CCN(c2cncc(Br)c2)CC1. The maximum Gasteiger partial charge on any atom is 0.227 e. The number of hydrogen-bond donors (Lipinski definition) is 0. The summed E-state index contributed by atoms with van der Waals surface area (Å²) in [6.07, 6.45) is 4.13. The molecule has 0 saturated carbocycles. The van der Waals surface area contributed by atoms with Crippen molar-refractivity contribution in [2.45, 2.75) is 6.42 Å². The number of hydrogen-bond acceptors (Lipinski definition) is 3. The number of rotatable bonds is 3. The molecule has 3 rings (SSSR count). The molecule has 1 aromatic heterocycles. The highest BCUT2D eigenvalue weighted by molar-refractivity contribution is 9.10. The Morgan fingerprint density at radius 3 is 2.50 bits per heavy atom. The monoisotopic (exact) mass is 359 g/mol. The Morgan fingerprint density at radius 1 is 1.09 bits per heavy atom. The van der Waals surface area contributed by atoms with E-state index in [2.05, 4.69) is 31.9 Å². The Bertz CT molecular complexity index is 639. The minimum atomic E-state index is 0.207. The van der Waals surface area contributed by atoms with Gasteiger partial charge in [-0.2, -0.15) is 0 Å². The van der Waals surface area contributed by atoms with E-state index in [4.69, 9.17) is 0 Å². The summed E-state index contributed by atoms with van der Waals surface area (Å²) in [5.41, 5.74) is 2.18. The first-order valence-corrected chi connectivity index (χ1v) is 8.19. The zero-order valence-corrected chi connectivity index (χ0v) is 13.9. The van der Waals surface area contributed by atoms with E-state index in [9.17, 15) is 4.79 Å². The van der Waals surface area contributed by atoms with Crippen LogP contribution in [0.1, 0.15) is 5.56 Å². The molecule has 114 valence electrons. The van der Waals surface area contributed by atoms with Crippen LogP contribution in [0.4, 0.5) is 5.69 Å². The van der Waals surface area contributed by atoms with Crippen LogP contribution in [0.15, 0.2) is 53.3 Å². The molecule has 0 unspecified atom stereocenters. The van der Waals surface area contributed by atoms with E-state index in [1.54, 1.807) is 6.20 Å². The third-order valence-electron chi connectivity index (χ3n) is 3.89. The first-order valence-electron chi connectivity index (χ1n) is 7.39. The summed E-state index contributed by atoms with van der Waals surface area (Å²) in [5, 5.41) is 0. The maximum atomic E-state index is 12.4. The van der Waals surface area contributed by atoms with Crippen LogP contribution in [-0.2, 0) is 11.2 Å². The van der Waals surface area contributed by atoms with Gasteiger partial charge in [0.15, 0.2) is 0 Å². The van der Waals surface area contributed by atoms with E-state index < -0.39 is 0 Å². The van der Waals surface area contributed by atoms with E-state index in [1.807, 2.05) is 41.4 Å². The number of pyridine rings is 1. The van der Waals surface area contributed by atoms with Gasteiger partial charge in [-0.05, 0) is 27.6 Å². The van der Waals surface area contributed by atoms with Gasteiger partial charge in [0.25, 0.3) is 0 Å². The quantitative estimate of drug-likeness (QED) is 0.845. The molecule has 0 radical (unpaired) electrons. The highest BCUT2D eigenvalue weighted by Crippen LogP contribution is 2.20. The van der Waals surface area contributed by atoms with Crippen molar-refractivity contribution in [3.05, 3.63) is 58.8 Å². The first kappa shape index (κ1) is 15.0. The molecule has 1 saturated heterocycles. The average Bonchev–Trinajstić information content (AvgIpc) is 2.56. The highest BCUT2D eigenvalue weighted by atomic mass is 79.9. The molecule has 2 heterocycles. The summed E-state index contributed by atoms with van der Waals surface area (Å²) in [6.45, 7) is 3.22. The van der Waals surface area contributed by atoms with Gasteiger partial charge in [0.05, 0.1) is 18.3 Å². The van der Waals surface area contributed by atoms with Crippen LogP contribution in [0.25, 0.3) is 0 Å². The van der Waals surface area contributed by atoms with Gasteiger partial charge in [-0.25, -0.2) is 0 Å². The molecule has 1 fully saturated rings. The maximum absolute atomic E-state index is 12.4. The fraction of sp³-hybridized carbons (Fsp3) is 0.294. The van der Waals surface area contributed by atoms with Gasteiger partial charge in [-0.15, -0.1) is 0 Å². The number of amides is 1. The van der Waals surface area contributed by atoms with Crippen molar-refractivity contribution >= 4 is 27.5 Å². The summed E-state index contributed by atoms with van der Waals surface area (Å²) < 4.78 is 0.979. The molecule has 1 amide bonds. The van der Waals surface area contributed by atoms with Gasteiger partial charge in [-0.3, -0.25) is 9.78 Å². The number of anilines is 1. The average molecular weight is 360 g/mol. The number of benzene rings is 1. The van der Waals surface area contributed by atoms with Crippen molar-refractivity contribution in [1.82, 2.24) is 9.88 Å². The molecule has 0 N–H and O–H groups in total. The Balaban J connectivity index is 1.56. The van der Waals surface area contributed by atoms with Crippen LogP contribution in [0.3, 0.4) is 0 Å². The van der Waals surface area contributed by atoms with Gasteiger partial charge in [0.1, 0.15) is 0 Å². The van der Waals surface area contributed by atoms with Crippen molar-refractivity contribution in [1.29, 1.82) is 0 Å². The lowest BCUT2D eigenvalue weighted by Crippen LogP contribution is -2.49. The number of carbonyl (C=O) groups is 1. The first-order chi connectivity index (χ1) is 10.7. The van der Waals surface area contributed by atoms with Crippen molar-refractivity contribution in [3.8, 4) is 0 Å². The number of piperazine rings is 1. The predicted octanol–water partition coefficient (Wildman–Crippen LogP) is 2.74. The lowest BCUT2D eigenvalue weighted by atomic mass is 10.1. The molecular formula is C17H18BrN3O. The van der Waals surface area contributed by atoms with Gasteiger partial charge in [-0.1, -0.05) is 30.3 Å². The van der Waals surface area contributed by atoms with Crippen LogP contribution in [0.2, 0.25) is 0 Å². The molecule has 4 nitrogen and oxygen atoms in total. The molecular weight excluding hydrogens is 342 g/mol. The second-order valence-electron chi connectivity index (χ2n) is 5.39. The molecule has 0 bridgehead atoms. The summed E-state index contributed by atoms with van der Waals surface area (Å²) in [4.78, 5) is 20.8. The lowest BCUT2D eigenvalue weighted by molar-refractivity contribution is -0.130. The smallest absolute Gasteiger partial charge is 0.227 e. The summed E-state index contributed by atoms with van der Waals surface area (Å²) in [6, 6.07) is 12.0. The highest BCUT2D eigenvalue weighted by Gasteiger charge is 2.21. The van der Waals surface area contributed by atoms with Gasteiger partial charge >= 0.3 is 0 Å². The van der Waals surface area contributed by atoms with E-state index in [-0.39, 0.29) is 5.91 Å². The molecule has 2 aromatic rings. The van der Waals surface area contributed by atoms with Crippen molar-refractivity contribution < 1.29 is 4.79 Å². The minimum Gasteiger partial charge on any atom is -0.367 e. The molecule has 1 aliphatic heterocycles. The number of aromatic nitrogens is 1. The van der Waals surface area contributed by atoms with Gasteiger partial charge in [0.2, 0.25) is 5.91 Å². The number of carbonyl (C=O) groups excluding carboxylic acids is 1. The second kappa shape index (κ2) is 6.92. The van der Waals surface area contributed by atoms with Crippen LogP contribution < -0.4 is 4.90 Å². The number of halogens is 1. The van der Waals surface area contributed by atoms with Crippen molar-refractivity contribution in [3.63, 3.8) is 0 Å². The van der Waals surface area contributed by atoms with E-state index in [0.29, 0.717) is 6.42 Å². The topological polar surface area (TPSA) is 36.4 Å². The number of nitrogens with zero attached hydrogens (tertiary/aromatic N) is 3. The second-order valence-corrected chi connectivity index (χ2v) is 6.31. The van der Waals surface area contributed by atoms with Crippen LogP contribution in [0, 0.1) is 0 Å². The molecule has 5 heteroatoms. The normalized spacial score (nSPS) is 15.0. The Hall–Kier alpha value is -1.88. The minimum absolute atomic E-state index is 0.207. The fourth-order valence-electron chi connectivity index (χ4n) is 2.67. The van der Waals surface area contributed by atoms with Gasteiger partial charge < -0.3 is 9.80 Å². The van der Waals surface area contributed by atoms with E-state index in [0.717, 1.165) is 41.9 Å². The van der Waals surface area contributed by atoms with Crippen molar-refractivity contribution in [2.75, 3.05) is 31.1 Å². The van der Waals surface area contributed by atoms with Crippen LogP contribution in [0.5, 0.6) is 0 Å². The summed E-state index contributed by atoms with van der Waals surface area (Å²) >= 11 is 3.45. The zero-order chi connectivity index (χ0) is 15.4.